The van der Waals surface area contributed by atoms with Gasteiger partial charge in [-0.3, -0.25) is 14.5 Å². The summed E-state index contributed by atoms with van der Waals surface area (Å²) in [6.45, 7) is 7.99. The number of hydrogen-bond donors (Lipinski definition) is 1. The minimum Gasteiger partial charge on any atom is -0.381 e. The molecule has 0 aliphatic carbocycles. The second-order valence-electron chi connectivity index (χ2n) is 9.56. The van der Waals surface area contributed by atoms with Crippen LogP contribution in [0.1, 0.15) is 78.4 Å². The number of anilines is 1. The summed E-state index contributed by atoms with van der Waals surface area (Å²) in [5.41, 5.74) is 3.42. The van der Waals surface area contributed by atoms with Crippen molar-refractivity contribution in [3.63, 3.8) is 0 Å². The van der Waals surface area contributed by atoms with Crippen molar-refractivity contribution in [3.8, 4) is 0 Å². The molecule has 0 bridgehead atoms. The molecule has 4 rings (SSSR count). The van der Waals surface area contributed by atoms with Gasteiger partial charge in [-0.2, -0.15) is 0 Å². The Morgan fingerprint density at radius 1 is 1.11 bits per heavy atom. The summed E-state index contributed by atoms with van der Waals surface area (Å²) in [6.07, 6.45) is 7.75. The number of hydrogen-bond acceptors (Lipinski definition) is 7. The lowest BCUT2D eigenvalue weighted by atomic mass is 10.0. The highest BCUT2D eigenvalue weighted by molar-refractivity contribution is 7.05. The number of aryl methyl sites for hydroxylation is 1. The number of rotatable bonds is 4. The van der Waals surface area contributed by atoms with Crippen LogP contribution in [0.4, 0.5) is 5.69 Å². The summed E-state index contributed by atoms with van der Waals surface area (Å²) >= 11 is 1.31. The van der Waals surface area contributed by atoms with E-state index >= 15 is 0 Å². The van der Waals surface area contributed by atoms with E-state index < -0.39 is 0 Å². The van der Waals surface area contributed by atoms with E-state index in [0.717, 1.165) is 73.8 Å². The average Bonchev–Trinajstić information content (AvgIpc) is 3.27. The van der Waals surface area contributed by atoms with Gasteiger partial charge in [0.1, 0.15) is 0 Å². The highest BCUT2D eigenvalue weighted by Crippen LogP contribution is 2.28. The van der Waals surface area contributed by atoms with E-state index in [0.29, 0.717) is 24.7 Å². The first-order valence-electron chi connectivity index (χ1n) is 12.8. The summed E-state index contributed by atoms with van der Waals surface area (Å²) in [4.78, 5) is 31.1. The van der Waals surface area contributed by atoms with Gasteiger partial charge in [0.25, 0.3) is 5.91 Å². The molecular weight excluding hydrogens is 462 g/mol. The molecular formula is C26H37N5O3S. The van der Waals surface area contributed by atoms with Gasteiger partial charge in [-0.1, -0.05) is 23.8 Å². The average molecular weight is 500 g/mol. The van der Waals surface area contributed by atoms with Gasteiger partial charge >= 0.3 is 0 Å². The van der Waals surface area contributed by atoms with Gasteiger partial charge in [0.15, 0.2) is 0 Å². The minimum absolute atomic E-state index is 0.0475. The molecule has 2 aromatic rings. The van der Waals surface area contributed by atoms with Crippen LogP contribution >= 0.6 is 11.5 Å². The molecule has 1 saturated heterocycles. The maximum absolute atomic E-state index is 13.1. The number of nitrogens with zero attached hydrogens (tertiary/aromatic N) is 4. The molecule has 1 aromatic carbocycles. The fourth-order valence-electron chi connectivity index (χ4n) is 5.01. The zero-order chi connectivity index (χ0) is 24.6. The molecule has 0 spiro atoms. The number of carbonyl (C=O) groups is 2. The Kier molecular flexibility index (Phi) is 9.23. The van der Waals surface area contributed by atoms with E-state index in [1.54, 1.807) is 6.92 Å². The van der Waals surface area contributed by atoms with Crippen molar-refractivity contribution < 1.29 is 14.3 Å². The maximum atomic E-state index is 13.1. The lowest BCUT2D eigenvalue weighted by Crippen LogP contribution is -2.40. The Balaban J connectivity index is 1.62. The van der Waals surface area contributed by atoms with Gasteiger partial charge in [-0.05, 0) is 74.4 Å². The van der Waals surface area contributed by atoms with Gasteiger partial charge in [-0.15, -0.1) is 5.10 Å². The van der Waals surface area contributed by atoms with E-state index in [1.165, 1.54) is 30.8 Å². The van der Waals surface area contributed by atoms with Crippen molar-refractivity contribution in [2.75, 3.05) is 31.2 Å². The molecule has 0 saturated carbocycles. The first-order chi connectivity index (χ1) is 17.0. The van der Waals surface area contributed by atoms with Gasteiger partial charge in [0.05, 0.1) is 17.1 Å². The van der Waals surface area contributed by atoms with Gasteiger partial charge in [0, 0.05) is 50.5 Å². The van der Waals surface area contributed by atoms with Crippen molar-refractivity contribution in [2.24, 2.45) is 0 Å². The topological polar surface area (TPSA) is 87.7 Å². The first-order valence-corrected chi connectivity index (χ1v) is 13.6. The molecule has 0 radical (unpaired) electrons. The van der Waals surface area contributed by atoms with Crippen molar-refractivity contribution in [1.29, 1.82) is 0 Å². The van der Waals surface area contributed by atoms with Crippen molar-refractivity contribution in [2.45, 2.75) is 77.9 Å². The van der Waals surface area contributed by atoms with Crippen molar-refractivity contribution in [1.82, 2.24) is 19.8 Å². The smallest absolute Gasteiger partial charge is 0.251 e. The number of amides is 2. The van der Waals surface area contributed by atoms with Gasteiger partial charge in [0.2, 0.25) is 5.91 Å². The van der Waals surface area contributed by atoms with E-state index in [-0.39, 0.29) is 11.8 Å². The Labute approximate surface area is 212 Å². The summed E-state index contributed by atoms with van der Waals surface area (Å²) in [7, 11) is 0. The first kappa shape index (κ1) is 25.7. The number of nitrogens with one attached hydrogen (secondary N) is 1. The predicted octanol–water partition coefficient (Wildman–Crippen LogP) is 4.07. The fourth-order valence-corrected chi connectivity index (χ4v) is 5.59. The highest BCUT2D eigenvalue weighted by atomic mass is 32.1. The highest BCUT2D eigenvalue weighted by Gasteiger charge is 2.25. The Bertz CT molecular complexity index is 1000. The fraction of sp³-hybridized carbons (Fsp3) is 0.615. The third-order valence-electron chi connectivity index (χ3n) is 7.08. The predicted molar refractivity (Wildman–Crippen MR) is 138 cm³/mol. The normalized spacial score (nSPS) is 18.9. The third kappa shape index (κ3) is 6.86. The molecule has 1 aromatic heterocycles. The molecule has 2 aliphatic rings. The number of carbonyl (C=O) groups excluding carboxylic acids is 2. The van der Waals surface area contributed by atoms with E-state index in [2.05, 4.69) is 19.8 Å². The zero-order valence-corrected chi connectivity index (χ0v) is 21.7. The number of fused-ring (bicyclic) bond motifs is 1. The van der Waals surface area contributed by atoms with Crippen molar-refractivity contribution in [3.05, 3.63) is 39.9 Å². The van der Waals surface area contributed by atoms with Crippen LogP contribution < -0.4 is 10.2 Å². The van der Waals surface area contributed by atoms with Crippen molar-refractivity contribution >= 4 is 29.0 Å². The lowest BCUT2D eigenvalue weighted by molar-refractivity contribution is -0.116. The van der Waals surface area contributed by atoms with Gasteiger partial charge < -0.3 is 15.0 Å². The monoisotopic (exact) mass is 499 g/mol. The second kappa shape index (κ2) is 12.6. The molecule has 1 N–H and O–H groups in total. The number of aromatic nitrogens is 2. The lowest BCUT2D eigenvalue weighted by Gasteiger charge is -2.36. The van der Waals surface area contributed by atoms with E-state index in [1.807, 2.05) is 30.0 Å². The van der Waals surface area contributed by atoms with Crippen LogP contribution in [-0.4, -0.2) is 58.6 Å². The summed E-state index contributed by atoms with van der Waals surface area (Å²) in [5, 5.41) is 7.02. The van der Waals surface area contributed by atoms with Crippen LogP contribution in [0.2, 0.25) is 0 Å². The molecule has 9 heteroatoms. The SMILES string of the molecule is CC(=O)N1CCCCCCCN(C2CCOCC2)Cc2cc(C(=O)NCc3snnc3C)ccc21. The minimum atomic E-state index is -0.126. The summed E-state index contributed by atoms with van der Waals surface area (Å²) < 4.78 is 9.57. The summed E-state index contributed by atoms with van der Waals surface area (Å²) in [6, 6.07) is 6.24. The largest absolute Gasteiger partial charge is 0.381 e. The van der Waals surface area contributed by atoms with E-state index in [4.69, 9.17) is 4.74 Å². The zero-order valence-electron chi connectivity index (χ0n) is 20.9. The van der Waals surface area contributed by atoms with Crippen LogP contribution in [0.25, 0.3) is 0 Å². The van der Waals surface area contributed by atoms with Crippen LogP contribution in [-0.2, 0) is 22.6 Å². The maximum Gasteiger partial charge on any atom is 0.251 e. The molecule has 3 heterocycles. The standard InChI is InChI=1S/C26H37N5O3S/c1-19-25(35-29-28-19)17-27-26(33)21-8-9-24-22(16-21)18-30(23-10-14-34-15-11-23)12-6-4-3-5-7-13-31(24)20(2)32/h8-9,16,23H,3-7,10-15,17-18H2,1-2H3,(H,27,33). The molecule has 2 aliphatic heterocycles. The Morgan fingerprint density at radius 2 is 1.86 bits per heavy atom. The van der Waals surface area contributed by atoms with E-state index in [9.17, 15) is 9.59 Å². The second-order valence-corrected chi connectivity index (χ2v) is 10.4. The quantitative estimate of drug-likeness (QED) is 0.682. The molecule has 0 unspecified atom stereocenters. The van der Waals surface area contributed by atoms with Crippen LogP contribution in [0.5, 0.6) is 0 Å². The van der Waals surface area contributed by atoms with Gasteiger partial charge in [-0.25, -0.2) is 0 Å². The third-order valence-corrected chi connectivity index (χ3v) is 7.90. The molecule has 1 fully saturated rings. The number of benzene rings is 1. The Hall–Kier alpha value is -2.36. The molecule has 0 atom stereocenters. The van der Waals surface area contributed by atoms with Crippen LogP contribution in [0.15, 0.2) is 18.2 Å². The van der Waals surface area contributed by atoms with Crippen LogP contribution in [0, 0.1) is 6.92 Å². The molecule has 8 nitrogen and oxygen atoms in total. The molecule has 35 heavy (non-hydrogen) atoms. The number of ether oxygens (including phenoxy) is 1. The molecule has 2 amide bonds. The summed E-state index contributed by atoms with van der Waals surface area (Å²) in [5.74, 6) is -0.0787. The Morgan fingerprint density at radius 3 is 2.57 bits per heavy atom. The van der Waals surface area contributed by atoms with Crippen LogP contribution in [0.3, 0.4) is 0 Å². The molecule has 190 valence electrons.